The van der Waals surface area contributed by atoms with E-state index in [2.05, 4.69) is 12.1 Å². The molecule has 0 spiro atoms. The van der Waals surface area contributed by atoms with Gasteiger partial charge < -0.3 is 10.1 Å². The van der Waals surface area contributed by atoms with Crippen LogP contribution in [0, 0.1) is 11.8 Å². The van der Waals surface area contributed by atoms with Crippen LogP contribution in [-0.2, 0) is 4.79 Å². The molecule has 1 saturated carbocycles. The second kappa shape index (κ2) is 6.92. The van der Waals surface area contributed by atoms with Crippen LogP contribution in [-0.4, -0.2) is 34.8 Å². The van der Waals surface area contributed by atoms with Gasteiger partial charge in [0.25, 0.3) is 0 Å². The van der Waals surface area contributed by atoms with E-state index in [1.165, 1.54) is 25.7 Å². The highest BCUT2D eigenvalue weighted by atomic mass is 16.4. The van der Waals surface area contributed by atoms with Crippen LogP contribution in [0.1, 0.15) is 58.3 Å². The van der Waals surface area contributed by atoms with Gasteiger partial charge in [0.15, 0.2) is 0 Å². The molecular formula is C15H26N2O2. The number of carbonyl (C=O) groups is 1. The van der Waals surface area contributed by atoms with Gasteiger partial charge in [0.05, 0.1) is 5.71 Å². The lowest BCUT2D eigenvalue weighted by Gasteiger charge is -2.35. The molecule has 2 aliphatic rings. The number of likely N-dealkylation sites (tertiary alicyclic amines) is 1. The molecule has 1 aliphatic carbocycles. The van der Waals surface area contributed by atoms with Crippen molar-refractivity contribution in [3.63, 3.8) is 0 Å². The van der Waals surface area contributed by atoms with Gasteiger partial charge in [-0.25, -0.2) is 0 Å². The minimum Gasteiger partial charge on any atom is -0.411 e. The number of nitrogens with zero attached hydrogens (tertiary/aromatic N) is 2. The molecule has 19 heavy (non-hydrogen) atoms. The summed E-state index contributed by atoms with van der Waals surface area (Å²) >= 11 is 0. The van der Waals surface area contributed by atoms with E-state index in [0.29, 0.717) is 5.91 Å². The van der Waals surface area contributed by atoms with E-state index in [9.17, 15) is 4.79 Å². The Morgan fingerprint density at radius 3 is 2.58 bits per heavy atom. The minimum atomic E-state index is 0.243. The van der Waals surface area contributed by atoms with Crippen LogP contribution < -0.4 is 0 Å². The van der Waals surface area contributed by atoms with Gasteiger partial charge in [0, 0.05) is 31.3 Å². The predicted octanol–water partition coefficient (Wildman–Crippen LogP) is 3.05. The monoisotopic (exact) mass is 266 g/mol. The highest BCUT2D eigenvalue weighted by Crippen LogP contribution is 2.27. The molecule has 1 atom stereocenters. The van der Waals surface area contributed by atoms with E-state index in [-0.39, 0.29) is 11.8 Å². The number of hydrogen-bond acceptors (Lipinski definition) is 3. The fourth-order valence-corrected chi connectivity index (χ4v) is 3.40. The van der Waals surface area contributed by atoms with Gasteiger partial charge in [0.2, 0.25) is 5.91 Å². The van der Waals surface area contributed by atoms with Crippen molar-refractivity contribution in [3.8, 4) is 0 Å². The largest absolute Gasteiger partial charge is 0.411 e. The van der Waals surface area contributed by atoms with Crippen LogP contribution in [0.5, 0.6) is 0 Å². The lowest BCUT2D eigenvalue weighted by Crippen LogP contribution is -2.46. The number of carbonyl (C=O) groups excluding carboxylic acids is 1. The van der Waals surface area contributed by atoms with E-state index in [1.54, 1.807) is 0 Å². The standard InChI is InChI=1S/C15H26N2O2/c1-2-12-11-17(10-9-14(12)16-19)15(18)13-7-5-3-4-6-8-13/h12-13,19H,2-11H2,1H3. The summed E-state index contributed by atoms with van der Waals surface area (Å²) in [5, 5.41) is 12.4. The van der Waals surface area contributed by atoms with Gasteiger partial charge in [-0.3, -0.25) is 4.79 Å². The van der Waals surface area contributed by atoms with Crippen LogP contribution in [0.15, 0.2) is 5.16 Å². The first-order chi connectivity index (χ1) is 9.26. The zero-order valence-electron chi connectivity index (χ0n) is 12.0. The summed E-state index contributed by atoms with van der Waals surface area (Å²) in [6.07, 6.45) is 8.75. The molecule has 108 valence electrons. The quantitative estimate of drug-likeness (QED) is 0.474. The maximum atomic E-state index is 12.6. The predicted molar refractivity (Wildman–Crippen MR) is 75.4 cm³/mol. The lowest BCUT2D eigenvalue weighted by atomic mass is 9.91. The van der Waals surface area contributed by atoms with Crippen LogP contribution in [0.3, 0.4) is 0 Å². The SMILES string of the molecule is CCC1CN(C(=O)C2CCCCCC2)CCC1=NO. The van der Waals surface area contributed by atoms with E-state index in [4.69, 9.17) is 5.21 Å². The average Bonchev–Trinajstić information content (AvgIpc) is 2.74. The Balaban J connectivity index is 1.95. The number of amides is 1. The van der Waals surface area contributed by atoms with Crippen molar-refractivity contribution >= 4 is 11.6 Å². The number of oxime groups is 1. The van der Waals surface area contributed by atoms with Crippen LogP contribution in [0.2, 0.25) is 0 Å². The Morgan fingerprint density at radius 1 is 1.32 bits per heavy atom. The first-order valence-corrected chi connectivity index (χ1v) is 7.75. The molecule has 1 saturated heterocycles. The van der Waals surface area contributed by atoms with Gasteiger partial charge in [-0.2, -0.15) is 0 Å². The third kappa shape index (κ3) is 3.48. The molecular weight excluding hydrogens is 240 g/mol. The normalized spacial score (nSPS) is 28.4. The molecule has 2 rings (SSSR count). The number of rotatable bonds is 2. The summed E-state index contributed by atoms with van der Waals surface area (Å²) in [6, 6.07) is 0. The van der Waals surface area contributed by atoms with Gasteiger partial charge in [-0.15, -0.1) is 0 Å². The van der Waals surface area contributed by atoms with Crippen molar-refractivity contribution in [1.29, 1.82) is 0 Å². The molecule has 1 N–H and O–H groups in total. The Kier molecular flexibility index (Phi) is 5.23. The second-order valence-corrected chi connectivity index (χ2v) is 5.92. The van der Waals surface area contributed by atoms with Crippen molar-refractivity contribution in [2.45, 2.75) is 58.3 Å². The first-order valence-electron chi connectivity index (χ1n) is 7.75. The van der Waals surface area contributed by atoms with Crippen molar-refractivity contribution in [3.05, 3.63) is 0 Å². The molecule has 1 aliphatic heterocycles. The van der Waals surface area contributed by atoms with Crippen LogP contribution >= 0.6 is 0 Å². The molecule has 1 heterocycles. The Hall–Kier alpha value is -1.06. The topological polar surface area (TPSA) is 52.9 Å². The fourth-order valence-electron chi connectivity index (χ4n) is 3.40. The zero-order valence-corrected chi connectivity index (χ0v) is 12.0. The minimum absolute atomic E-state index is 0.243. The molecule has 2 fully saturated rings. The second-order valence-electron chi connectivity index (χ2n) is 5.92. The highest BCUT2D eigenvalue weighted by molar-refractivity contribution is 5.89. The molecule has 4 heteroatoms. The van der Waals surface area contributed by atoms with E-state index in [0.717, 1.165) is 44.5 Å². The molecule has 0 aromatic heterocycles. The smallest absolute Gasteiger partial charge is 0.225 e. The molecule has 0 aromatic carbocycles. The van der Waals surface area contributed by atoms with Crippen LogP contribution in [0.4, 0.5) is 0 Å². The van der Waals surface area contributed by atoms with Gasteiger partial charge >= 0.3 is 0 Å². The molecule has 1 unspecified atom stereocenters. The first kappa shape index (κ1) is 14.4. The third-order valence-electron chi connectivity index (χ3n) is 4.69. The summed E-state index contributed by atoms with van der Waals surface area (Å²) < 4.78 is 0. The highest BCUT2D eigenvalue weighted by Gasteiger charge is 2.31. The third-order valence-corrected chi connectivity index (χ3v) is 4.69. The Bertz CT molecular complexity index is 333. The van der Waals surface area contributed by atoms with Gasteiger partial charge in [0.1, 0.15) is 0 Å². The maximum absolute atomic E-state index is 12.6. The average molecular weight is 266 g/mol. The molecule has 1 amide bonds. The van der Waals surface area contributed by atoms with Crippen molar-refractivity contribution in [2.75, 3.05) is 13.1 Å². The molecule has 0 bridgehead atoms. The zero-order chi connectivity index (χ0) is 13.7. The Labute approximate surface area is 115 Å². The fraction of sp³-hybridized carbons (Fsp3) is 0.867. The summed E-state index contributed by atoms with van der Waals surface area (Å²) in [5.74, 6) is 0.832. The van der Waals surface area contributed by atoms with Crippen molar-refractivity contribution < 1.29 is 10.0 Å². The van der Waals surface area contributed by atoms with Gasteiger partial charge in [-0.1, -0.05) is 37.8 Å². The lowest BCUT2D eigenvalue weighted by molar-refractivity contribution is -0.136. The number of hydrogen-bond donors (Lipinski definition) is 1. The Morgan fingerprint density at radius 2 is 2.00 bits per heavy atom. The van der Waals surface area contributed by atoms with Gasteiger partial charge in [-0.05, 0) is 19.3 Å². The summed E-state index contributed by atoms with van der Waals surface area (Å²) in [6.45, 7) is 3.56. The van der Waals surface area contributed by atoms with E-state index < -0.39 is 0 Å². The summed E-state index contributed by atoms with van der Waals surface area (Å²) in [7, 11) is 0. The maximum Gasteiger partial charge on any atom is 0.225 e. The van der Waals surface area contributed by atoms with Crippen molar-refractivity contribution in [1.82, 2.24) is 4.90 Å². The van der Waals surface area contributed by atoms with Crippen LogP contribution in [0.25, 0.3) is 0 Å². The summed E-state index contributed by atoms with van der Waals surface area (Å²) in [5.41, 5.74) is 0.868. The molecule has 0 radical (unpaired) electrons. The molecule has 4 nitrogen and oxygen atoms in total. The van der Waals surface area contributed by atoms with Crippen molar-refractivity contribution in [2.24, 2.45) is 17.0 Å². The van der Waals surface area contributed by atoms with E-state index in [1.807, 2.05) is 4.90 Å². The number of piperidine rings is 1. The molecule has 0 aromatic rings. The summed E-state index contributed by atoms with van der Waals surface area (Å²) in [4.78, 5) is 14.6. The van der Waals surface area contributed by atoms with E-state index >= 15 is 0 Å².